The van der Waals surface area contributed by atoms with Crippen LogP contribution < -0.4 is 10.2 Å². The summed E-state index contributed by atoms with van der Waals surface area (Å²) in [7, 11) is 0. The van der Waals surface area contributed by atoms with E-state index in [1.807, 2.05) is 100 Å². The van der Waals surface area contributed by atoms with Gasteiger partial charge in [-0.3, -0.25) is 4.90 Å². The minimum atomic E-state index is -0.416. The molecule has 6 heteroatoms. The van der Waals surface area contributed by atoms with E-state index in [1.165, 1.54) is 0 Å². The van der Waals surface area contributed by atoms with Gasteiger partial charge in [-0.2, -0.15) is 4.98 Å². The van der Waals surface area contributed by atoms with Crippen LogP contribution in [0.5, 0.6) is 0 Å². The average molecular weight is 451 g/mol. The van der Waals surface area contributed by atoms with E-state index in [2.05, 4.69) is 10.5 Å². The Labute approximate surface area is 198 Å². The summed E-state index contributed by atoms with van der Waals surface area (Å²) >= 11 is 0. The number of carbonyl (C=O) groups is 1. The zero-order valence-electron chi connectivity index (χ0n) is 19.7. The average Bonchev–Trinajstić information content (AvgIpc) is 3.30. The highest BCUT2D eigenvalue weighted by molar-refractivity contribution is 6.01. The molecular formula is C28H26N4O2. The highest BCUT2D eigenvalue weighted by Crippen LogP contribution is 2.39. The molecule has 1 unspecified atom stereocenters. The van der Waals surface area contributed by atoms with Crippen LogP contribution in [-0.4, -0.2) is 16.2 Å². The molecule has 1 atom stereocenters. The van der Waals surface area contributed by atoms with E-state index in [0.717, 1.165) is 44.8 Å². The first-order chi connectivity index (χ1) is 16.4. The van der Waals surface area contributed by atoms with Crippen molar-refractivity contribution in [2.75, 3.05) is 4.90 Å². The summed E-state index contributed by atoms with van der Waals surface area (Å²) in [5.74, 6) is 0.900. The molecule has 34 heavy (non-hydrogen) atoms. The summed E-state index contributed by atoms with van der Waals surface area (Å²) in [6.07, 6.45) is 0. The van der Waals surface area contributed by atoms with Crippen LogP contribution in [0.4, 0.5) is 10.5 Å². The normalized spacial score (nSPS) is 16.1. The Balaban J connectivity index is 1.65. The number of anilines is 1. The number of allylic oxidation sites excluding steroid dienone is 1. The predicted molar refractivity (Wildman–Crippen MR) is 133 cm³/mol. The Morgan fingerprint density at radius 1 is 0.853 bits per heavy atom. The molecule has 2 amide bonds. The molecule has 2 heterocycles. The SMILES string of the molecule is CC1=C(c2nc(-c3cccc(C)c3)no2)C(c2ccc(C)cc2)NC(=O)N1c1ccc(C)cc1. The number of urea groups is 1. The van der Waals surface area contributed by atoms with E-state index in [0.29, 0.717) is 11.7 Å². The lowest BCUT2D eigenvalue weighted by Crippen LogP contribution is -2.46. The topological polar surface area (TPSA) is 71.3 Å². The minimum absolute atomic E-state index is 0.200. The molecule has 5 rings (SSSR count). The molecule has 1 aliphatic rings. The molecule has 3 aromatic carbocycles. The van der Waals surface area contributed by atoms with Gasteiger partial charge in [0.1, 0.15) is 0 Å². The van der Waals surface area contributed by atoms with Gasteiger partial charge >= 0.3 is 6.03 Å². The second-order valence-corrected chi connectivity index (χ2v) is 8.76. The van der Waals surface area contributed by atoms with Crippen LogP contribution in [0.2, 0.25) is 0 Å². The molecule has 0 radical (unpaired) electrons. The fourth-order valence-electron chi connectivity index (χ4n) is 4.27. The van der Waals surface area contributed by atoms with E-state index < -0.39 is 6.04 Å². The second-order valence-electron chi connectivity index (χ2n) is 8.76. The minimum Gasteiger partial charge on any atom is -0.334 e. The Hall–Kier alpha value is -4.19. The highest BCUT2D eigenvalue weighted by Gasteiger charge is 2.36. The predicted octanol–water partition coefficient (Wildman–Crippen LogP) is 6.36. The van der Waals surface area contributed by atoms with Crippen molar-refractivity contribution in [1.82, 2.24) is 15.5 Å². The Bertz CT molecular complexity index is 1380. The van der Waals surface area contributed by atoms with Gasteiger partial charge in [0, 0.05) is 11.3 Å². The standard InChI is InChI=1S/C28H26N4O2/c1-17-8-12-21(13-9-17)25-24(27-30-26(31-34-27)22-7-5-6-19(3)16-22)20(4)32(28(33)29-25)23-14-10-18(2)11-15-23/h5-16,25H,1-4H3,(H,29,33). The lowest BCUT2D eigenvalue weighted by molar-refractivity contribution is 0.244. The first kappa shape index (κ1) is 21.6. The summed E-state index contributed by atoms with van der Waals surface area (Å²) in [5.41, 5.74) is 7.52. The smallest absolute Gasteiger partial charge is 0.326 e. The van der Waals surface area contributed by atoms with Crippen LogP contribution in [0.15, 0.2) is 83.0 Å². The van der Waals surface area contributed by atoms with Gasteiger partial charge in [0.05, 0.1) is 17.3 Å². The molecule has 170 valence electrons. The van der Waals surface area contributed by atoms with Crippen molar-refractivity contribution in [2.24, 2.45) is 0 Å². The third kappa shape index (κ3) is 3.99. The molecule has 1 aromatic heterocycles. The van der Waals surface area contributed by atoms with Gasteiger partial charge in [-0.05, 0) is 51.5 Å². The number of benzene rings is 3. The Morgan fingerprint density at radius 2 is 1.53 bits per heavy atom. The molecule has 0 spiro atoms. The molecule has 0 saturated carbocycles. The number of hydrogen-bond donors (Lipinski definition) is 1. The number of nitrogens with one attached hydrogen (secondary N) is 1. The van der Waals surface area contributed by atoms with Crippen molar-refractivity contribution in [3.8, 4) is 11.4 Å². The molecule has 1 aliphatic heterocycles. The van der Waals surface area contributed by atoms with E-state index in [9.17, 15) is 4.79 Å². The van der Waals surface area contributed by atoms with Crippen molar-refractivity contribution >= 4 is 17.3 Å². The number of aromatic nitrogens is 2. The Morgan fingerprint density at radius 3 is 2.21 bits per heavy atom. The van der Waals surface area contributed by atoms with Gasteiger partial charge < -0.3 is 9.84 Å². The summed E-state index contributed by atoms with van der Waals surface area (Å²) in [6, 6.07) is 23.3. The van der Waals surface area contributed by atoms with Gasteiger partial charge in [0.2, 0.25) is 5.82 Å². The fourth-order valence-corrected chi connectivity index (χ4v) is 4.27. The maximum Gasteiger partial charge on any atom is 0.326 e. The summed E-state index contributed by atoms with van der Waals surface area (Å²) in [6.45, 7) is 8.01. The van der Waals surface area contributed by atoms with Gasteiger partial charge in [-0.1, -0.05) is 76.4 Å². The fraction of sp³-hybridized carbons (Fsp3) is 0.179. The van der Waals surface area contributed by atoms with Crippen molar-refractivity contribution in [2.45, 2.75) is 33.7 Å². The zero-order chi connectivity index (χ0) is 23.8. The number of aryl methyl sites for hydroxylation is 3. The van der Waals surface area contributed by atoms with Gasteiger partial charge in [0.15, 0.2) is 0 Å². The Kier molecular flexibility index (Phi) is 5.49. The van der Waals surface area contributed by atoms with Gasteiger partial charge in [-0.25, -0.2) is 4.79 Å². The number of rotatable bonds is 4. The summed E-state index contributed by atoms with van der Waals surface area (Å²) in [5, 5.41) is 7.41. The maximum atomic E-state index is 13.3. The quantitative estimate of drug-likeness (QED) is 0.392. The maximum absolute atomic E-state index is 13.3. The van der Waals surface area contributed by atoms with Crippen molar-refractivity contribution in [3.05, 3.63) is 107 Å². The van der Waals surface area contributed by atoms with Crippen LogP contribution in [0.1, 0.15) is 41.1 Å². The first-order valence-electron chi connectivity index (χ1n) is 11.3. The number of hydrogen-bond acceptors (Lipinski definition) is 4. The van der Waals surface area contributed by atoms with E-state index in [-0.39, 0.29) is 6.03 Å². The van der Waals surface area contributed by atoms with Crippen molar-refractivity contribution < 1.29 is 9.32 Å². The monoisotopic (exact) mass is 450 g/mol. The molecule has 0 fully saturated rings. The first-order valence-corrected chi connectivity index (χ1v) is 11.3. The van der Waals surface area contributed by atoms with Crippen LogP contribution in [-0.2, 0) is 0 Å². The van der Waals surface area contributed by atoms with E-state index in [4.69, 9.17) is 9.51 Å². The zero-order valence-corrected chi connectivity index (χ0v) is 19.7. The van der Waals surface area contributed by atoms with Crippen LogP contribution >= 0.6 is 0 Å². The largest absolute Gasteiger partial charge is 0.334 e. The molecule has 0 aliphatic carbocycles. The van der Waals surface area contributed by atoms with E-state index >= 15 is 0 Å². The van der Waals surface area contributed by atoms with Gasteiger partial charge in [-0.15, -0.1) is 0 Å². The summed E-state index contributed by atoms with van der Waals surface area (Å²) in [4.78, 5) is 19.7. The molecule has 6 nitrogen and oxygen atoms in total. The molecule has 1 N–H and O–H groups in total. The van der Waals surface area contributed by atoms with Crippen molar-refractivity contribution in [3.63, 3.8) is 0 Å². The lowest BCUT2D eigenvalue weighted by atomic mass is 9.94. The van der Waals surface area contributed by atoms with Crippen LogP contribution in [0.25, 0.3) is 17.0 Å². The van der Waals surface area contributed by atoms with Crippen molar-refractivity contribution in [1.29, 1.82) is 0 Å². The number of amides is 2. The van der Waals surface area contributed by atoms with Crippen LogP contribution in [0, 0.1) is 20.8 Å². The third-order valence-electron chi connectivity index (χ3n) is 6.12. The summed E-state index contributed by atoms with van der Waals surface area (Å²) < 4.78 is 5.79. The van der Waals surface area contributed by atoms with E-state index in [1.54, 1.807) is 4.90 Å². The highest BCUT2D eigenvalue weighted by atomic mass is 16.5. The molecule has 0 saturated heterocycles. The van der Waals surface area contributed by atoms with Crippen LogP contribution in [0.3, 0.4) is 0 Å². The number of nitrogens with zero attached hydrogens (tertiary/aromatic N) is 3. The lowest BCUT2D eigenvalue weighted by Gasteiger charge is -2.35. The third-order valence-corrected chi connectivity index (χ3v) is 6.12. The molecule has 0 bridgehead atoms. The van der Waals surface area contributed by atoms with Gasteiger partial charge in [0.25, 0.3) is 5.89 Å². The molecular weight excluding hydrogens is 424 g/mol. The second kappa shape index (κ2) is 8.63. The number of carbonyl (C=O) groups excluding carboxylic acids is 1. The molecule has 4 aromatic rings.